The van der Waals surface area contributed by atoms with E-state index in [2.05, 4.69) is 5.10 Å². The highest BCUT2D eigenvalue weighted by atomic mass is 32.2. The Labute approximate surface area is 142 Å². The topological polar surface area (TPSA) is 79.4 Å². The molecule has 0 aliphatic carbocycles. The Morgan fingerprint density at radius 3 is 2.83 bits per heavy atom. The lowest BCUT2D eigenvalue weighted by Crippen LogP contribution is -2.16. The summed E-state index contributed by atoms with van der Waals surface area (Å²) >= 11 is 1.43. The maximum atomic E-state index is 12.5. The number of nitrogen functional groups attached to an aromatic ring is 1. The number of hydrogen-bond acceptors (Lipinski definition) is 6. The fourth-order valence-corrected chi connectivity index (χ4v) is 3.37. The molecule has 0 unspecified atom stereocenters. The fraction of sp³-hybridized carbons (Fsp3) is 0.176. The highest BCUT2D eigenvalue weighted by molar-refractivity contribution is 8.00. The quantitative estimate of drug-likeness (QED) is 0.738. The maximum Gasteiger partial charge on any atom is 0.257 e. The van der Waals surface area contributed by atoms with E-state index >= 15 is 0 Å². The molecule has 7 heteroatoms. The smallest absolute Gasteiger partial charge is 0.257 e. The van der Waals surface area contributed by atoms with Gasteiger partial charge in [-0.15, -0.1) is 16.9 Å². The van der Waals surface area contributed by atoms with Crippen LogP contribution in [0.2, 0.25) is 0 Å². The van der Waals surface area contributed by atoms with Gasteiger partial charge in [0.15, 0.2) is 17.3 Å². The number of nitrogens with two attached hydrogens (primary N) is 1. The van der Waals surface area contributed by atoms with Gasteiger partial charge in [-0.2, -0.15) is 4.68 Å². The van der Waals surface area contributed by atoms with E-state index in [0.29, 0.717) is 24.8 Å². The molecular weight excluding hydrogens is 326 g/mol. The zero-order valence-electron chi connectivity index (χ0n) is 12.8. The molecule has 24 heavy (non-hydrogen) atoms. The van der Waals surface area contributed by atoms with Crippen molar-refractivity contribution >= 4 is 34.4 Å². The van der Waals surface area contributed by atoms with Crippen molar-refractivity contribution in [1.29, 1.82) is 0 Å². The number of fused-ring (bicyclic) bond motifs is 2. The fourth-order valence-electron chi connectivity index (χ4n) is 2.60. The van der Waals surface area contributed by atoms with Crippen LogP contribution in [0.1, 0.15) is 4.79 Å². The van der Waals surface area contributed by atoms with Crippen LogP contribution in [0.5, 0.6) is 11.5 Å². The van der Waals surface area contributed by atoms with Gasteiger partial charge in [-0.05, 0) is 30.3 Å². The van der Waals surface area contributed by atoms with E-state index in [9.17, 15) is 4.79 Å². The van der Waals surface area contributed by atoms with Crippen molar-refractivity contribution in [2.24, 2.45) is 0 Å². The summed E-state index contributed by atoms with van der Waals surface area (Å²) < 4.78 is 12.4. The summed E-state index contributed by atoms with van der Waals surface area (Å²) in [5.41, 5.74) is 6.60. The highest BCUT2D eigenvalue weighted by Crippen LogP contribution is 2.34. The molecule has 2 N–H and O–H groups in total. The molecule has 0 spiro atoms. The highest BCUT2D eigenvalue weighted by Gasteiger charge is 2.16. The number of anilines is 1. The van der Waals surface area contributed by atoms with Crippen molar-refractivity contribution < 1.29 is 14.3 Å². The number of thioether (sulfide) groups is 1. The van der Waals surface area contributed by atoms with Crippen LogP contribution in [0.15, 0.2) is 47.4 Å². The molecule has 6 nitrogen and oxygen atoms in total. The Balaban J connectivity index is 1.52. The number of ether oxygens (including phenoxy) is 2. The lowest BCUT2D eigenvalue weighted by molar-refractivity contribution is 0.0932. The van der Waals surface area contributed by atoms with Crippen molar-refractivity contribution in [3.8, 4) is 11.5 Å². The predicted molar refractivity (Wildman–Crippen MR) is 92.9 cm³/mol. The Morgan fingerprint density at radius 2 is 1.96 bits per heavy atom. The van der Waals surface area contributed by atoms with E-state index in [0.717, 1.165) is 21.5 Å². The standard InChI is InChI=1S/C17H15N3O3S/c18-17-12-3-1-2-4-13(12)20(19-17)16(21)10-24-11-5-6-14-15(9-11)23-8-7-22-14/h1-6,9H,7-8,10H2,(H2,18,19). The predicted octanol–water partition coefficient (Wildman–Crippen LogP) is 2.82. The van der Waals surface area contributed by atoms with Crippen LogP contribution >= 0.6 is 11.8 Å². The summed E-state index contributed by atoms with van der Waals surface area (Å²) in [5, 5.41) is 4.95. The van der Waals surface area contributed by atoms with Crippen molar-refractivity contribution in [2.45, 2.75) is 4.90 Å². The molecule has 2 heterocycles. The van der Waals surface area contributed by atoms with Gasteiger partial charge in [-0.3, -0.25) is 4.79 Å². The first-order valence-corrected chi connectivity index (χ1v) is 8.50. The molecule has 0 bridgehead atoms. The van der Waals surface area contributed by atoms with E-state index in [4.69, 9.17) is 15.2 Å². The van der Waals surface area contributed by atoms with E-state index in [1.807, 2.05) is 42.5 Å². The SMILES string of the molecule is Nc1nn(C(=O)CSc2ccc3c(c2)OCCO3)c2ccccc12. The first kappa shape index (κ1) is 14.9. The Morgan fingerprint density at radius 1 is 1.17 bits per heavy atom. The number of nitrogens with zero attached hydrogens (tertiary/aromatic N) is 2. The van der Waals surface area contributed by atoms with Crippen molar-refractivity contribution in [3.05, 3.63) is 42.5 Å². The summed E-state index contributed by atoms with van der Waals surface area (Å²) in [5.74, 6) is 1.95. The van der Waals surface area contributed by atoms with Crippen molar-refractivity contribution in [2.75, 3.05) is 24.7 Å². The van der Waals surface area contributed by atoms with Gasteiger partial charge < -0.3 is 15.2 Å². The normalized spacial score (nSPS) is 13.2. The van der Waals surface area contributed by atoms with E-state index in [1.165, 1.54) is 16.4 Å². The Hall–Kier alpha value is -2.67. The lowest BCUT2D eigenvalue weighted by atomic mass is 10.2. The molecule has 3 aromatic rings. The van der Waals surface area contributed by atoms with Crippen LogP contribution in [0.25, 0.3) is 10.9 Å². The van der Waals surface area contributed by atoms with E-state index in [1.54, 1.807) is 0 Å². The molecule has 0 fully saturated rings. The molecule has 0 atom stereocenters. The molecule has 1 aliphatic rings. The first-order valence-electron chi connectivity index (χ1n) is 7.51. The molecule has 1 aromatic heterocycles. The van der Waals surface area contributed by atoms with Crippen LogP contribution in [-0.4, -0.2) is 34.7 Å². The van der Waals surface area contributed by atoms with Crippen LogP contribution < -0.4 is 15.2 Å². The molecule has 1 aliphatic heterocycles. The van der Waals surface area contributed by atoms with E-state index < -0.39 is 0 Å². The Kier molecular flexibility index (Phi) is 3.78. The minimum absolute atomic E-state index is 0.122. The second-order valence-corrected chi connectivity index (χ2v) is 6.35. The molecule has 0 saturated heterocycles. The summed E-state index contributed by atoms with van der Waals surface area (Å²) in [6.45, 7) is 1.10. The summed E-state index contributed by atoms with van der Waals surface area (Å²) in [6, 6.07) is 13.1. The second-order valence-electron chi connectivity index (χ2n) is 5.30. The van der Waals surface area contributed by atoms with E-state index in [-0.39, 0.29) is 11.7 Å². The lowest BCUT2D eigenvalue weighted by Gasteiger charge is -2.18. The number of para-hydroxylation sites is 1. The van der Waals surface area contributed by atoms with Gasteiger partial charge in [-0.25, -0.2) is 0 Å². The third kappa shape index (κ3) is 2.67. The number of rotatable bonds is 3. The molecule has 2 aromatic carbocycles. The number of carbonyl (C=O) groups excluding carboxylic acids is 1. The third-order valence-electron chi connectivity index (χ3n) is 3.73. The summed E-state index contributed by atoms with van der Waals surface area (Å²) in [7, 11) is 0. The minimum Gasteiger partial charge on any atom is -0.486 e. The van der Waals surface area contributed by atoms with Gasteiger partial charge in [0.1, 0.15) is 13.2 Å². The van der Waals surface area contributed by atoms with Gasteiger partial charge >= 0.3 is 0 Å². The van der Waals surface area contributed by atoms with Gasteiger partial charge in [0.2, 0.25) is 0 Å². The van der Waals surface area contributed by atoms with Gasteiger partial charge in [-0.1, -0.05) is 12.1 Å². The van der Waals surface area contributed by atoms with Gasteiger partial charge in [0.05, 0.1) is 11.3 Å². The number of carbonyl (C=O) groups is 1. The van der Waals surface area contributed by atoms with Crippen LogP contribution in [0.4, 0.5) is 5.82 Å². The monoisotopic (exact) mass is 341 g/mol. The van der Waals surface area contributed by atoms with Crippen LogP contribution in [-0.2, 0) is 0 Å². The molecule has 0 saturated carbocycles. The average molecular weight is 341 g/mol. The Bertz CT molecular complexity index is 923. The van der Waals surface area contributed by atoms with Crippen LogP contribution in [0, 0.1) is 0 Å². The molecule has 122 valence electrons. The van der Waals surface area contributed by atoms with Crippen molar-refractivity contribution in [3.63, 3.8) is 0 Å². The zero-order valence-corrected chi connectivity index (χ0v) is 13.6. The maximum absolute atomic E-state index is 12.5. The molecule has 0 radical (unpaired) electrons. The average Bonchev–Trinajstić information content (AvgIpc) is 2.97. The summed E-state index contributed by atoms with van der Waals surface area (Å²) in [6.07, 6.45) is 0. The first-order chi connectivity index (χ1) is 11.7. The minimum atomic E-state index is -0.122. The summed E-state index contributed by atoms with van der Waals surface area (Å²) in [4.78, 5) is 13.4. The zero-order chi connectivity index (χ0) is 16.5. The molecular formula is C17H15N3O3S. The third-order valence-corrected chi connectivity index (χ3v) is 4.71. The van der Waals surface area contributed by atoms with Crippen molar-refractivity contribution in [1.82, 2.24) is 9.78 Å². The van der Waals surface area contributed by atoms with Gasteiger partial charge in [0, 0.05) is 10.3 Å². The largest absolute Gasteiger partial charge is 0.486 e. The van der Waals surface area contributed by atoms with Gasteiger partial charge in [0.25, 0.3) is 5.91 Å². The van der Waals surface area contributed by atoms with Crippen LogP contribution in [0.3, 0.4) is 0 Å². The number of aromatic nitrogens is 2. The molecule has 0 amide bonds. The number of hydrogen-bond donors (Lipinski definition) is 1. The second kappa shape index (κ2) is 6.09. The number of benzene rings is 2. The molecule has 4 rings (SSSR count).